The molecule has 0 aliphatic rings. The molecular weight excluding hydrogens is 269 g/mol. The maximum atomic E-state index is 13.1. The Hall–Kier alpha value is -2.56. The number of benzene rings is 2. The molecule has 0 radical (unpaired) electrons. The molecule has 2 rings (SSSR count). The van der Waals surface area contributed by atoms with E-state index >= 15 is 0 Å². The summed E-state index contributed by atoms with van der Waals surface area (Å²) < 4.78 is 13.1. The Labute approximate surface area is 123 Å². The molecule has 0 bridgehead atoms. The number of aryl methyl sites for hydroxylation is 1. The number of carbonyl (C=O) groups excluding carboxylic acids is 1. The Bertz CT molecular complexity index is 640. The third-order valence-corrected chi connectivity index (χ3v) is 3.14. The minimum absolute atomic E-state index is 0.152. The number of amides is 1. The van der Waals surface area contributed by atoms with Crippen molar-refractivity contribution >= 4 is 23.0 Å². The van der Waals surface area contributed by atoms with Gasteiger partial charge in [-0.2, -0.15) is 0 Å². The molecule has 4 nitrogen and oxygen atoms in total. The first-order chi connectivity index (χ1) is 9.95. The van der Waals surface area contributed by atoms with Gasteiger partial charge in [0.2, 0.25) is 5.91 Å². The molecule has 110 valence electrons. The molecule has 0 spiro atoms. The lowest BCUT2D eigenvalue weighted by molar-refractivity contribution is -0.114. The fraction of sp³-hybridized carbons (Fsp3) is 0.188. The molecule has 0 fully saturated rings. The molecule has 1 amide bonds. The van der Waals surface area contributed by atoms with Crippen molar-refractivity contribution in [2.75, 3.05) is 29.5 Å². The van der Waals surface area contributed by atoms with E-state index in [0.717, 1.165) is 11.3 Å². The molecule has 2 aromatic rings. The summed E-state index contributed by atoms with van der Waals surface area (Å²) in [5, 5.41) is 2.62. The average Bonchev–Trinajstić information content (AvgIpc) is 2.43. The maximum absolute atomic E-state index is 13.1. The second-order valence-corrected chi connectivity index (χ2v) is 4.97. The summed E-state index contributed by atoms with van der Waals surface area (Å²) in [6.07, 6.45) is 0. The van der Waals surface area contributed by atoms with E-state index < -0.39 is 5.82 Å². The minimum atomic E-state index is -0.439. The fourth-order valence-electron chi connectivity index (χ4n) is 1.93. The number of nitrogens with zero attached hydrogens (tertiary/aromatic N) is 1. The van der Waals surface area contributed by atoms with E-state index in [4.69, 9.17) is 5.73 Å². The lowest BCUT2D eigenvalue weighted by Crippen LogP contribution is -2.30. The molecule has 0 aromatic heterocycles. The molecule has 3 N–H and O–H groups in total. The minimum Gasteiger partial charge on any atom is -0.397 e. The van der Waals surface area contributed by atoms with Crippen LogP contribution in [-0.2, 0) is 4.79 Å². The van der Waals surface area contributed by atoms with Gasteiger partial charge in [0, 0.05) is 12.7 Å². The van der Waals surface area contributed by atoms with Gasteiger partial charge in [0.25, 0.3) is 0 Å². The van der Waals surface area contributed by atoms with Gasteiger partial charge in [-0.05, 0) is 37.3 Å². The lowest BCUT2D eigenvalue weighted by atomic mass is 10.2. The first kappa shape index (κ1) is 14.8. The molecule has 0 unspecified atom stereocenters. The fourth-order valence-corrected chi connectivity index (χ4v) is 1.93. The third kappa shape index (κ3) is 3.95. The van der Waals surface area contributed by atoms with Gasteiger partial charge in [-0.3, -0.25) is 4.79 Å². The Morgan fingerprint density at radius 3 is 2.57 bits per heavy atom. The topological polar surface area (TPSA) is 58.4 Å². The van der Waals surface area contributed by atoms with Crippen LogP contribution in [0.3, 0.4) is 0 Å². The van der Waals surface area contributed by atoms with E-state index in [1.807, 2.05) is 43.1 Å². The monoisotopic (exact) mass is 287 g/mol. The number of nitrogens with two attached hydrogens (primary N) is 1. The largest absolute Gasteiger partial charge is 0.397 e. The van der Waals surface area contributed by atoms with Crippen LogP contribution in [0.4, 0.5) is 21.5 Å². The zero-order valence-electron chi connectivity index (χ0n) is 12.1. The van der Waals surface area contributed by atoms with Crippen molar-refractivity contribution in [1.29, 1.82) is 0 Å². The highest BCUT2D eigenvalue weighted by Crippen LogP contribution is 2.19. The molecular formula is C16H18FN3O. The molecule has 0 atom stereocenters. The van der Waals surface area contributed by atoms with Gasteiger partial charge in [-0.1, -0.05) is 17.7 Å². The summed E-state index contributed by atoms with van der Waals surface area (Å²) >= 11 is 0. The number of carbonyl (C=O) groups is 1. The number of hydrogen-bond acceptors (Lipinski definition) is 3. The summed E-state index contributed by atoms with van der Waals surface area (Å²) in [7, 11) is 1.82. The van der Waals surface area contributed by atoms with Crippen molar-refractivity contribution in [1.82, 2.24) is 0 Å². The predicted molar refractivity (Wildman–Crippen MR) is 83.9 cm³/mol. The Morgan fingerprint density at radius 1 is 1.24 bits per heavy atom. The summed E-state index contributed by atoms with van der Waals surface area (Å²) in [4.78, 5) is 13.8. The average molecular weight is 287 g/mol. The quantitative estimate of drug-likeness (QED) is 0.850. The second kappa shape index (κ2) is 6.26. The van der Waals surface area contributed by atoms with Crippen LogP contribution in [0.15, 0.2) is 42.5 Å². The van der Waals surface area contributed by atoms with Crippen LogP contribution < -0.4 is 16.0 Å². The molecule has 5 heteroatoms. The smallest absolute Gasteiger partial charge is 0.243 e. The lowest BCUT2D eigenvalue weighted by Gasteiger charge is -2.19. The van der Waals surface area contributed by atoms with E-state index in [2.05, 4.69) is 5.32 Å². The summed E-state index contributed by atoms with van der Waals surface area (Å²) in [5.41, 5.74) is 8.42. The highest BCUT2D eigenvalue weighted by atomic mass is 19.1. The van der Waals surface area contributed by atoms with Crippen molar-refractivity contribution in [3.8, 4) is 0 Å². The highest BCUT2D eigenvalue weighted by Gasteiger charge is 2.10. The Kier molecular flexibility index (Phi) is 4.42. The van der Waals surface area contributed by atoms with E-state index in [-0.39, 0.29) is 18.1 Å². The summed E-state index contributed by atoms with van der Waals surface area (Å²) in [5.74, 6) is -0.693. The van der Waals surface area contributed by atoms with Crippen molar-refractivity contribution in [3.05, 3.63) is 53.8 Å². The van der Waals surface area contributed by atoms with Gasteiger partial charge < -0.3 is 16.0 Å². The van der Waals surface area contributed by atoms with E-state index in [9.17, 15) is 9.18 Å². The van der Waals surface area contributed by atoms with E-state index in [1.165, 1.54) is 18.2 Å². The number of nitrogens with one attached hydrogen (secondary N) is 1. The van der Waals surface area contributed by atoms with Crippen LogP contribution >= 0.6 is 0 Å². The van der Waals surface area contributed by atoms with Crippen LogP contribution in [-0.4, -0.2) is 19.5 Å². The Morgan fingerprint density at radius 2 is 1.90 bits per heavy atom. The highest BCUT2D eigenvalue weighted by molar-refractivity contribution is 5.96. The van der Waals surface area contributed by atoms with Crippen LogP contribution in [0.5, 0.6) is 0 Å². The molecule has 0 aliphatic carbocycles. The standard InChI is InChI=1S/C16H18FN3O/c1-11-3-6-13(7-4-11)20(2)10-16(21)19-15-9-12(17)5-8-14(15)18/h3-9H,10,18H2,1-2H3,(H,19,21). The van der Waals surface area contributed by atoms with Crippen molar-refractivity contribution in [3.63, 3.8) is 0 Å². The van der Waals surface area contributed by atoms with Crippen LogP contribution in [0.2, 0.25) is 0 Å². The van der Waals surface area contributed by atoms with Crippen molar-refractivity contribution in [2.24, 2.45) is 0 Å². The van der Waals surface area contributed by atoms with Gasteiger partial charge in [0.05, 0.1) is 17.9 Å². The zero-order chi connectivity index (χ0) is 15.4. The molecule has 0 aliphatic heterocycles. The van der Waals surface area contributed by atoms with E-state index in [1.54, 1.807) is 0 Å². The summed E-state index contributed by atoms with van der Waals surface area (Å²) in [6.45, 7) is 2.15. The summed E-state index contributed by atoms with van der Waals surface area (Å²) in [6, 6.07) is 11.7. The van der Waals surface area contributed by atoms with Crippen LogP contribution in [0.25, 0.3) is 0 Å². The van der Waals surface area contributed by atoms with Gasteiger partial charge in [0.15, 0.2) is 0 Å². The van der Waals surface area contributed by atoms with Gasteiger partial charge in [-0.25, -0.2) is 4.39 Å². The normalized spacial score (nSPS) is 10.2. The predicted octanol–water partition coefficient (Wildman–Crippen LogP) is 2.79. The van der Waals surface area contributed by atoms with Crippen LogP contribution in [0, 0.1) is 12.7 Å². The number of anilines is 3. The first-order valence-electron chi connectivity index (χ1n) is 6.58. The SMILES string of the molecule is Cc1ccc(N(C)CC(=O)Nc2cc(F)ccc2N)cc1. The number of hydrogen-bond donors (Lipinski definition) is 2. The van der Waals surface area contributed by atoms with Gasteiger partial charge in [-0.15, -0.1) is 0 Å². The molecule has 2 aromatic carbocycles. The zero-order valence-corrected chi connectivity index (χ0v) is 12.1. The third-order valence-electron chi connectivity index (χ3n) is 3.14. The molecule has 0 saturated carbocycles. The number of halogens is 1. The molecule has 0 heterocycles. The maximum Gasteiger partial charge on any atom is 0.243 e. The Balaban J connectivity index is 2.01. The van der Waals surface area contributed by atoms with Crippen molar-refractivity contribution < 1.29 is 9.18 Å². The molecule has 21 heavy (non-hydrogen) atoms. The molecule has 0 saturated heterocycles. The number of rotatable bonds is 4. The van der Waals surface area contributed by atoms with Gasteiger partial charge >= 0.3 is 0 Å². The first-order valence-corrected chi connectivity index (χ1v) is 6.58. The van der Waals surface area contributed by atoms with E-state index in [0.29, 0.717) is 5.69 Å². The van der Waals surface area contributed by atoms with Crippen molar-refractivity contribution in [2.45, 2.75) is 6.92 Å². The number of nitrogen functional groups attached to an aromatic ring is 1. The number of likely N-dealkylation sites (N-methyl/N-ethyl adjacent to an activating group) is 1. The van der Waals surface area contributed by atoms with Crippen LogP contribution in [0.1, 0.15) is 5.56 Å². The second-order valence-electron chi connectivity index (χ2n) is 4.97. The van der Waals surface area contributed by atoms with Gasteiger partial charge in [0.1, 0.15) is 5.82 Å².